The Balaban J connectivity index is 2.79. The van der Waals surface area contributed by atoms with Crippen LogP contribution in [-0.2, 0) is 19.1 Å². The van der Waals surface area contributed by atoms with Crippen LogP contribution in [0.1, 0.15) is 20.8 Å². The van der Waals surface area contributed by atoms with E-state index in [0.29, 0.717) is 0 Å². The second kappa shape index (κ2) is 2.22. The molecule has 1 aliphatic rings. The van der Waals surface area contributed by atoms with Crippen LogP contribution in [0.2, 0.25) is 0 Å². The van der Waals surface area contributed by atoms with E-state index in [1.54, 1.807) is 0 Å². The third kappa shape index (κ3) is 1.34. The normalized spacial score (nSPS) is 29.2. The molecule has 4 nitrogen and oxygen atoms in total. The van der Waals surface area contributed by atoms with Crippen molar-refractivity contribution in [2.24, 2.45) is 0 Å². The molecule has 0 aromatic rings. The molecule has 1 saturated heterocycles. The van der Waals surface area contributed by atoms with Crippen LogP contribution in [0, 0.1) is 0 Å². The molecule has 1 rings (SSSR count). The molecule has 11 heavy (non-hydrogen) atoms. The van der Waals surface area contributed by atoms with E-state index in [1.807, 2.05) is 0 Å². The maximum absolute atomic E-state index is 11.0. The van der Waals surface area contributed by atoms with Crippen LogP contribution in [0.15, 0.2) is 0 Å². The maximum Gasteiger partial charge on any atom is 0.350 e. The highest BCUT2D eigenvalue weighted by atomic mass is 16.7. The summed E-state index contributed by atoms with van der Waals surface area (Å²) >= 11 is 0. The maximum atomic E-state index is 11.0. The zero-order valence-electron chi connectivity index (χ0n) is 6.71. The molecule has 0 bridgehead atoms. The predicted octanol–water partition coefficient (Wildman–Crippen LogP) is 0.253. The van der Waals surface area contributed by atoms with Crippen molar-refractivity contribution in [3.05, 3.63) is 0 Å². The van der Waals surface area contributed by atoms with Crippen molar-refractivity contribution in [3.8, 4) is 0 Å². The van der Waals surface area contributed by atoms with Crippen LogP contribution in [-0.4, -0.2) is 23.6 Å². The Hall–Kier alpha value is -1.06. The average molecular weight is 158 g/mol. The Morgan fingerprint density at radius 2 is 1.91 bits per heavy atom. The molecule has 4 heteroatoms. The van der Waals surface area contributed by atoms with Gasteiger partial charge in [0.25, 0.3) is 0 Å². The third-order valence-electron chi connectivity index (χ3n) is 1.46. The van der Waals surface area contributed by atoms with Crippen molar-refractivity contribution in [1.82, 2.24) is 0 Å². The van der Waals surface area contributed by atoms with Gasteiger partial charge in [-0.15, -0.1) is 0 Å². The molecule has 1 unspecified atom stereocenters. The standard InChI is InChI=1S/C7H10O4/c1-4-5(8)11-7(2,3)6(9)10-4/h4H,1-3H3. The van der Waals surface area contributed by atoms with E-state index in [-0.39, 0.29) is 0 Å². The fraction of sp³-hybridized carbons (Fsp3) is 0.714. The minimum absolute atomic E-state index is 0.491. The summed E-state index contributed by atoms with van der Waals surface area (Å²) in [4.78, 5) is 21.8. The summed E-state index contributed by atoms with van der Waals surface area (Å²) in [6, 6.07) is 0. The summed E-state index contributed by atoms with van der Waals surface area (Å²) < 4.78 is 9.48. The monoisotopic (exact) mass is 158 g/mol. The molecule has 1 aliphatic heterocycles. The molecule has 62 valence electrons. The Kier molecular flexibility index (Phi) is 1.62. The number of carbonyl (C=O) groups is 2. The molecule has 0 spiro atoms. The lowest BCUT2D eigenvalue weighted by atomic mass is 10.1. The van der Waals surface area contributed by atoms with E-state index in [1.165, 1.54) is 20.8 Å². The zero-order chi connectivity index (χ0) is 8.65. The molecule has 0 amide bonds. The highest BCUT2D eigenvalue weighted by Crippen LogP contribution is 2.19. The first kappa shape index (κ1) is 8.04. The molecule has 1 atom stereocenters. The summed E-state index contributed by atoms with van der Waals surface area (Å²) in [5.74, 6) is -0.987. The van der Waals surface area contributed by atoms with Crippen LogP contribution in [0.25, 0.3) is 0 Å². The smallest absolute Gasteiger partial charge is 0.350 e. The summed E-state index contributed by atoms with van der Waals surface area (Å²) in [6.07, 6.45) is -0.768. The van der Waals surface area contributed by atoms with Crippen LogP contribution in [0.3, 0.4) is 0 Å². The molecule has 0 aromatic heterocycles. The number of rotatable bonds is 0. The van der Waals surface area contributed by atoms with E-state index < -0.39 is 23.6 Å². The van der Waals surface area contributed by atoms with Crippen molar-refractivity contribution in [2.45, 2.75) is 32.5 Å². The van der Waals surface area contributed by atoms with Gasteiger partial charge in [0.05, 0.1) is 0 Å². The highest BCUT2D eigenvalue weighted by Gasteiger charge is 2.42. The predicted molar refractivity (Wildman–Crippen MR) is 35.7 cm³/mol. The molecule has 0 saturated carbocycles. The minimum atomic E-state index is -1.12. The van der Waals surface area contributed by atoms with Crippen molar-refractivity contribution in [3.63, 3.8) is 0 Å². The number of carbonyl (C=O) groups excluding carboxylic acids is 2. The first-order chi connectivity index (χ1) is 4.93. The third-order valence-corrected chi connectivity index (χ3v) is 1.46. The van der Waals surface area contributed by atoms with Crippen molar-refractivity contribution < 1.29 is 19.1 Å². The fourth-order valence-electron chi connectivity index (χ4n) is 0.727. The van der Waals surface area contributed by atoms with Gasteiger partial charge in [-0.05, 0) is 20.8 Å². The van der Waals surface area contributed by atoms with E-state index in [9.17, 15) is 9.59 Å². The lowest BCUT2D eigenvalue weighted by molar-refractivity contribution is -0.204. The summed E-state index contributed by atoms with van der Waals surface area (Å²) in [7, 11) is 0. The number of esters is 2. The van der Waals surface area contributed by atoms with Gasteiger partial charge in [0.2, 0.25) is 5.60 Å². The van der Waals surface area contributed by atoms with Gasteiger partial charge in [0, 0.05) is 0 Å². The van der Waals surface area contributed by atoms with E-state index in [0.717, 1.165) is 0 Å². The lowest BCUT2D eigenvalue weighted by Crippen LogP contribution is -2.49. The second-order valence-electron chi connectivity index (χ2n) is 2.98. The Morgan fingerprint density at radius 3 is 2.36 bits per heavy atom. The summed E-state index contributed by atoms with van der Waals surface area (Å²) in [6.45, 7) is 4.48. The van der Waals surface area contributed by atoms with Gasteiger partial charge in [-0.1, -0.05) is 0 Å². The van der Waals surface area contributed by atoms with E-state index in [4.69, 9.17) is 9.47 Å². The van der Waals surface area contributed by atoms with Gasteiger partial charge in [0.1, 0.15) is 0 Å². The van der Waals surface area contributed by atoms with Gasteiger partial charge in [-0.2, -0.15) is 0 Å². The van der Waals surface area contributed by atoms with Crippen molar-refractivity contribution in [2.75, 3.05) is 0 Å². The van der Waals surface area contributed by atoms with Crippen LogP contribution in [0.4, 0.5) is 0 Å². The highest BCUT2D eigenvalue weighted by molar-refractivity contribution is 5.89. The molecule has 0 N–H and O–H groups in total. The molecule has 1 fully saturated rings. The number of hydrogen-bond acceptors (Lipinski definition) is 4. The minimum Gasteiger partial charge on any atom is -0.448 e. The average Bonchev–Trinajstić information content (AvgIpc) is 1.83. The first-order valence-corrected chi connectivity index (χ1v) is 3.37. The van der Waals surface area contributed by atoms with Crippen molar-refractivity contribution >= 4 is 11.9 Å². The Labute approximate surface area is 64.5 Å². The first-order valence-electron chi connectivity index (χ1n) is 3.37. The molecule has 0 aromatic carbocycles. The largest absolute Gasteiger partial charge is 0.448 e. The van der Waals surface area contributed by atoms with Crippen LogP contribution in [0.5, 0.6) is 0 Å². The second-order valence-corrected chi connectivity index (χ2v) is 2.98. The molecule has 0 aliphatic carbocycles. The van der Waals surface area contributed by atoms with Crippen LogP contribution < -0.4 is 0 Å². The van der Waals surface area contributed by atoms with Crippen LogP contribution >= 0.6 is 0 Å². The SMILES string of the molecule is CC1OC(=O)C(C)(C)OC1=O. The molecular formula is C7H10O4. The topological polar surface area (TPSA) is 52.6 Å². The number of cyclic esters (lactones) is 2. The summed E-state index contributed by atoms with van der Waals surface area (Å²) in [5, 5.41) is 0. The number of ether oxygens (including phenoxy) is 2. The molecule has 1 heterocycles. The van der Waals surface area contributed by atoms with Gasteiger partial charge in [-0.25, -0.2) is 9.59 Å². The van der Waals surface area contributed by atoms with Gasteiger partial charge in [-0.3, -0.25) is 0 Å². The van der Waals surface area contributed by atoms with E-state index in [2.05, 4.69) is 0 Å². The lowest BCUT2D eigenvalue weighted by Gasteiger charge is -2.30. The Bertz CT molecular complexity index is 206. The molecule has 0 radical (unpaired) electrons. The van der Waals surface area contributed by atoms with Gasteiger partial charge < -0.3 is 9.47 Å². The number of hydrogen-bond donors (Lipinski definition) is 0. The van der Waals surface area contributed by atoms with E-state index >= 15 is 0 Å². The Morgan fingerprint density at radius 1 is 1.36 bits per heavy atom. The zero-order valence-corrected chi connectivity index (χ0v) is 6.71. The fourth-order valence-corrected chi connectivity index (χ4v) is 0.727. The summed E-state index contributed by atoms with van der Waals surface area (Å²) in [5.41, 5.74) is -1.12. The van der Waals surface area contributed by atoms with Crippen molar-refractivity contribution in [1.29, 1.82) is 0 Å². The molecular weight excluding hydrogens is 148 g/mol. The van der Waals surface area contributed by atoms with Gasteiger partial charge >= 0.3 is 11.9 Å². The van der Waals surface area contributed by atoms with Gasteiger partial charge in [0.15, 0.2) is 6.10 Å². The quantitative estimate of drug-likeness (QED) is 0.474.